The minimum absolute atomic E-state index is 0.619. The van der Waals surface area contributed by atoms with Gasteiger partial charge in [0.1, 0.15) is 5.82 Å². The van der Waals surface area contributed by atoms with E-state index in [4.69, 9.17) is 26.6 Å². The zero-order chi connectivity index (χ0) is 19.3. The summed E-state index contributed by atoms with van der Waals surface area (Å²) in [6, 6.07) is 22.0. The van der Waals surface area contributed by atoms with Gasteiger partial charge in [0.05, 0.1) is 16.7 Å². The molecule has 28 heavy (non-hydrogen) atoms. The minimum atomic E-state index is 0.619. The molecule has 0 aliphatic rings. The largest absolute Gasteiger partial charge is 0.275 e. The fourth-order valence-corrected chi connectivity index (χ4v) is 3.57. The number of aryl methyl sites for hydroxylation is 2. The Kier molecular flexibility index (Phi) is 3.88. The normalized spacial score (nSPS) is 11.4. The van der Waals surface area contributed by atoms with Gasteiger partial charge in [-0.3, -0.25) is 4.57 Å². The van der Waals surface area contributed by atoms with Crippen LogP contribution in [0, 0.1) is 13.8 Å². The van der Waals surface area contributed by atoms with Crippen LogP contribution < -0.4 is 0 Å². The average molecular weight is 385 g/mol. The van der Waals surface area contributed by atoms with Crippen LogP contribution in [0.25, 0.3) is 39.4 Å². The van der Waals surface area contributed by atoms with E-state index in [0.29, 0.717) is 10.7 Å². The van der Waals surface area contributed by atoms with Crippen molar-refractivity contribution in [3.8, 4) is 17.1 Å². The molecule has 2 aromatic heterocycles. The lowest BCUT2D eigenvalue weighted by Gasteiger charge is -2.12. The molecule has 0 atom stereocenters. The minimum Gasteiger partial charge on any atom is -0.275 e. The van der Waals surface area contributed by atoms with Crippen LogP contribution in [0.3, 0.4) is 0 Å². The summed E-state index contributed by atoms with van der Waals surface area (Å²) in [5.74, 6) is 0.802. The van der Waals surface area contributed by atoms with Gasteiger partial charge in [0.15, 0.2) is 11.3 Å². The van der Waals surface area contributed by atoms with E-state index in [1.807, 2.05) is 42.5 Å². The number of hydrogen-bond acceptors (Lipinski definition) is 3. The molecule has 0 fully saturated rings. The Hall–Kier alpha value is -3.24. The molecule has 3 aromatic carbocycles. The second kappa shape index (κ2) is 6.43. The first-order valence-electron chi connectivity index (χ1n) is 9.09. The number of halogens is 1. The first kappa shape index (κ1) is 16.9. The van der Waals surface area contributed by atoms with E-state index < -0.39 is 0 Å². The number of imidazole rings is 1. The molecule has 0 aliphatic heterocycles. The van der Waals surface area contributed by atoms with Gasteiger partial charge in [-0.15, -0.1) is 0 Å². The number of hydrogen-bond donors (Lipinski definition) is 0. The highest BCUT2D eigenvalue weighted by Gasteiger charge is 2.19. The van der Waals surface area contributed by atoms with Crippen molar-refractivity contribution in [2.75, 3.05) is 0 Å². The number of aromatic nitrogens is 4. The van der Waals surface area contributed by atoms with Gasteiger partial charge in [0.25, 0.3) is 0 Å². The van der Waals surface area contributed by atoms with Crippen LogP contribution in [0.5, 0.6) is 0 Å². The van der Waals surface area contributed by atoms with E-state index in [9.17, 15) is 0 Å². The second-order valence-electron chi connectivity index (χ2n) is 6.93. The maximum Gasteiger partial charge on any atom is 0.199 e. The van der Waals surface area contributed by atoms with Gasteiger partial charge in [-0.2, -0.15) is 0 Å². The standard InChI is InChI=1S/C23H17ClN4/c1-14-7-10-16(11-8-14)22-27-21-23(26-19-6-4-3-5-18(19)25-21)28(22)20-13-17(24)12-9-15(20)2/h3-13H,1-2H3. The molecule has 5 heteroatoms. The molecule has 0 spiro atoms. The van der Waals surface area contributed by atoms with E-state index in [1.165, 1.54) is 5.56 Å². The molecular weight excluding hydrogens is 368 g/mol. The molecule has 136 valence electrons. The molecule has 0 amide bonds. The summed E-state index contributed by atoms with van der Waals surface area (Å²) < 4.78 is 2.06. The molecule has 0 N–H and O–H groups in total. The molecular formula is C23H17ClN4. The van der Waals surface area contributed by atoms with Gasteiger partial charge < -0.3 is 0 Å². The fraction of sp³-hybridized carbons (Fsp3) is 0.0870. The Bertz CT molecular complexity index is 1340. The van der Waals surface area contributed by atoms with Crippen molar-refractivity contribution >= 4 is 33.9 Å². The molecule has 4 nitrogen and oxygen atoms in total. The Labute approximate surface area is 167 Å². The number of para-hydroxylation sites is 2. The Balaban J connectivity index is 1.91. The van der Waals surface area contributed by atoms with Gasteiger partial charge >= 0.3 is 0 Å². The van der Waals surface area contributed by atoms with Crippen LogP contribution in [-0.4, -0.2) is 19.5 Å². The molecule has 0 aliphatic carbocycles. The Morgan fingerprint density at radius 2 is 1.50 bits per heavy atom. The molecule has 0 unspecified atom stereocenters. The van der Waals surface area contributed by atoms with Gasteiger partial charge in [0, 0.05) is 10.6 Å². The van der Waals surface area contributed by atoms with Crippen molar-refractivity contribution in [3.63, 3.8) is 0 Å². The summed E-state index contributed by atoms with van der Waals surface area (Å²) in [6.45, 7) is 4.13. The topological polar surface area (TPSA) is 43.6 Å². The van der Waals surface area contributed by atoms with Crippen LogP contribution in [0.1, 0.15) is 11.1 Å². The highest BCUT2D eigenvalue weighted by molar-refractivity contribution is 6.30. The SMILES string of the molecule is Cc1ccc(-c2nc3nc4ccccc4nc3n2-c2cc(Cl)ccc2C)cc1. The summed E-state index contributed by atoms with van der Waals surface area (Å²) in [4.78, 5) is 14.5. The van der Waals surface area contributed by atoms with Gasteiger partial charge in [0.2, 0.25) is 0 Å². The Morgan fingerprint density at radius 3 is 2.25 bits per heavy atom. The summed E-state index contributed by atoms with van der Waals surface area (Å²) in [6.07, 6.45) is 0. The van der Waals surface area contributed by atoms with E-state index in [-0.39, 0.29) is 0 Å². The number of rotatable bonds is 2. The highest BCUT2D eigenvalue weighted by Crippen LogP contribution is 2.31. The summed E-state index contributed by atoms with van der Waals surface area (Å²) in [7, 11) is 0. The third-order valence-corrected chi connectivity index (χ3v) is 5.13. The van der Waals surface area contributed by atoms with E-state index in [1.54, 1.807) is 0 Å². The first-order valence-corrected chi connectivity index (χ1v) is 9.47. The number of benzene rings is 3. The predicted octanol–water partition coefficient (Wildman–Crippen LogP) is 5.91. The zero-order valence-corrected chi connectivity index (χ0v) is 16.3. The highest BCUT2D eigenvalue weighted by atomic mass is 35.5. The summed E-state index contributed by atoms with van der Waals surface area (Å²) in [5, 5.41) is 0.672. The second-order valence-corrected chi connectivity index (χ2v) is 7.36. The molecule has 5 rings (SSSR count). The van der Waals surface area contributed by atoms with Crippen molar-refractivity contribution in [2.45, 2.75) is 13.8 Å². The van der Waals surface area contributed by atoms with Crippen molar-refractivity contribution in [1.29, 1.82) is 0 Å². The summed E-state index contributed by atoms with van der Waals surface area (Å²) in [5.41, 5.74) is 7.26. The third-order valence-electron chi connectivity index (χ3n) is 4.89. The van der Waals surface area contributed by atoms with E-state index in [2.05, 4.69) is 42.7 Å². The lowest BCUT2D eigenvalue weighted by Crippen LogP contribution is -2.01. The maximum absolute atomic E-state index is 6.33. The lowest BCUT2D eigenvalue weighted by atomic mass is 10.1. The van der Waals surface area contributed by atoms with Crippen LogP contribution in [0.2, 0.25) is 5.02 Å². The predicted molar refractivity (Wildman–Crippen MR) is 114 cm³/mol. The Morgan fingerprint density at radius 1 is 0.786 bits per heavy atom. The molecule has 0 saturated carbocycles. The van der Waals surface area contributed by atoms with Gasteiger partial charge in [-0.05, 0) is 43.7 Å². The van der Waals surface area contributed by atoms with Crippen molar-refractivity contribution in [3.05, 3.63) is 82.9 Å². The van der Waals surface area contributed by atoms with Crippen LogP contribution in [-0.2, 0) is 0 Å². The zero-order valence-electron chi connectivity index (χ0n) is 15.5. The van der Waals surface area contributed by atoms with E-state index in [0.717, 1.165) is 39.3 Å². The quantitative estimate of drug-likeness (QED) is 0.380. The average Bonchev–Trinajstić information content (AvgIpc) is 3.06. The van der Waals surface area contributed by atoms with Gasteiger partial charge in [-0.25, -0.2) is 15.0 Å². The van der Waals surface area contributed by atoms with Crippen molar-refractivity contribution in [2.24, 2.45) is 0 Å². The van der Waals surface area contributed by atoms with Gasteiger partial charge in [-0.1, -0.05) is 59.6 Å². The smallest absolute Gasteiger partial charge is 0.199 e. The molecule has 2 heterocycles. The van der Waals surface area contributed by atoms with Crippen LogP contribution in [0.15, 0.2) is 66.7 Å². The van der Waals surface area contributed by atoms with Crippen molar-refractivity contribution < 1.29 is 0 Å². The first-order chi connectivity index (χ1) is 13.6. The molecule has 0 saturated heterocycles. The van der Waals surface area contributed by atoms with Crippen LogP contribution >= 0.6 is 11.6 Å². The van der Waals surface area contributed by atoms with Crippen LogP contribution in [0.4, 0.5) is 0 Å². The molecule has 0 bridgehead atoms. The monoisotopic (exact) mass is 384 g/mol. The van der Waals surface area contributed by atoms with Crippen molar-refractivity contribution in [1.82, 2.24) is 19.5 Å². The number of nitrogens with zero attached hydrogens (tertiary/aromatic N) is 4. The maximum atomic E-state index is 6.33. The number of fused-ring (bicyclic) bond motifs is 2. The molecule has 0 radical (unpaired) electrons. The molecule has 5 aromatic rings. The lowest BCUT2D eigenvalue weighted by molar-refractivity contribution is 1.06. The van der Waals surface area contributed by atoms with E-state index >= 15 is 0 Å². The summed E-state index contributed by atoms with van der Waals surface area (Å²) >= 11 is 6.33. The third kappa shape index (κ3) is 2.74. The fourth-order valence-electron chi connectivity index (χ4n) is 3.40.